The Morgan fingerprint density at radius 3 is 2.67 bits per heavy atom. The van der Waals surface area contributed by atoms with Gasteiger partial charge in [-0.05, 0) is 12.1 Å². The number of pyridine rings is 1. The zero-order chi connectivity index (χ0) is 6.69. The lowest BCUT2D eigenvalue weighted by atomic mass is 10.4. The van der Waals surface area contributed by atoms with Crippen LogP contribution < -0.4 is 0 Å². The summed E-state index contributed by atoms with van der Waals surface area (Å²) >= 11 is 5.07. The molecule has 1 aromatic heterocycles. The number of hydrogen-bond acceptors (Lipinski definition) is 1. The first-order chi connectivity index (χ1) is 4.30. The maximum absolute atomic E-state index is 12.1. The van der Waals surface area contributed by atoms with E-state index in [1.165, 1.54) is 12.3 Å². The number of hydrogen-bond donors (Lipinski definition) is 0. The Labute approximate surface area is 57.5 Å². The van der Waals surface area contributed by atoms with E-state index in [4.69, 9.17) is 11.6 Å². The molecule has 0 fully saturated rings. The van der Waals surface area contributed by atoms with Gasteiger partial charge < -0.3 is 0 Å². The summed E-state index contributed by atoms with van der Waals surface area (Å²) in [5.74, 6) is 0. The molecule has 0 bridgehead atoms. The first-order valence-corrected chi connectivity index (χ1v) is 2.93. The van der Waals surface area contributed by atoms with Crippen LogP contribution in [0.1, 0.15) is 11.3 Å². The quantitative estimate of drug-likeness (QED) is 0.553. The number of aromatic nitrogens is 1. The van der Waals surface area contributed by atoms with Crippen LogP contribution in [0.15, 0.2) is 24.4 Å². The van der Waals surface area contributed by atoms with Crippen molar-refractivity contribution in [2.24, 2.45) is 0 Å². The number of nitrogens with zero attached hydrogens (tertiary/aromatic N) is 1. The molecule has 0 saturated carbocycles. The largest absolute Gasteiger partial charge is 0.257 e. The van der Waals surface area contributed by atoms with E-state index in [1.54, 1.807) is 12.1 Å². The Hall–Kier alpha value is -0.630. The SMILES string of the molecule is FC(Cl)c1ccccn1. The molecule has 1 heterocycles. The van der Waals surface area contributed by atoms with Gasteiger partial charge in [0.1, 0.15) is 0 Å². The molecule has 1 nitrogen and oxygen atoms in total. The second-order valence-corrected chi connectivity index (χ2v) is 1.94. The molecule has 1 atom stereocenters. The summed E-state index contributed by atoms with van der Waals surface area (Å²) < 4.78 is 12.1. The minimum absolute atomic E-state index is 0.263. The van der Waals surface area contributed by atoms with Crippen LogP contribution >= 0.6 is 11.6 Å². The molecule has 1 aromatic rings. The Morgan fingerprint density at radius 2 is 2.33 bits per heavy atom. The average Bonchev–Trinajstić information content (AvgIpc) is 1.90. The van der Waals surface area contributed by atoms with Gasteiger partial charge in [0.2, 0.25) is 5.63 Å². The molecule has 0 saturated heterocycles. The fourth-order valence-corrected chi connectivity index (χ4v) is 0.634. The van der Waals surface area contributed by atoms with Crippen molar-refractivity contribution in [3.8, 4) is 0 Å². The number of halogens is 2. The van der Waals surface area contributed by atoms with Crippen molar-refractivity contribution in [2.75, 3.05) is 0 Å². The smallest absolute Gasteiger partial charge is 0.215 e. The van der Waals surface area contributed by atoms with Crippen LogP contribution in [0.5, 0.6) is 0 Å². The van der Waals surface area contributed by atoms with E-state index in [0.29, 0.717) is 0 Å². The highest BCUT2D eigenvalue weighted by Gasteiger charge is 2.02. The zero-order valence-corrected chi connectivity index (χ0v) is 5.35. The Morgan fingerprint density at radius 1 is 1.56 bits per heavy atom. The Balaban J connectivity index is 2.85. The molecule has 1 rings (SSSR count). The fraction of sp³-hybridized carbons (Fsp3) is 0.167. The predicted octanol–water partition coefficient (Wildman–Crippen LogP) is 2.29. The van der Waals surface area contributed by atoms with Crippen molar-refractivity contribution in [1.29, 1.82) is 0 Å². The molecular formula is C6H5ClFN. The van der Waals surface area contributed by atoms with Crippen LogP contribution in [0, 0.1) is 0 Å². The van der Waals surface area contributed by atoms with E-state index in [9.17, 15) is 4.39 Å². The third-order valence-corrected chi connectivity index (χ3v) is 1.13. The first-order valence-electron chi connectivity index (χ1n) is 2.50. The molecule has 0 aromatic carbocycles. The summed E-state index contributed by atoms with van der Waals surface area (Å²) in [7, 11) is 0. The molecule has 0 amide bonds. The molecular weight excluding hydrogens is 141 g/mol. The van der Waals surface area contributed by atoms with Crippen molar-refractivity contribution in [2.45, 2.75) is 5.63 Å². The second kappa shape index (κ2) is 2.78. The van der Waals surface area contributed by atoms with Crippen molar-refractivity contribution >= 4 is 11.6 Å². The van der Waals surface area contributed by atoms with E-state index in [0.717, 1.165) is 0 Å². The highest BCUT2D eigenvalue weighted by atomic mass is 35.5. The highest BCUT2D eigenvalue weighted by Crippen LogP contribution is 2.17. The number of alkyl halides is 2. The summed E-state index contributed by atoms with van der Waals surface area (Å²) in [4.78, 5) is 3.67. The van der Waals surface area contributed by atoms with Crippen LogP contribution in [0.2, 0.25) is 0 Å². The standard InChI is InChI=1S/C6H5ClFN/c7-6(8)5-3-1-2-4-9-5/h1-4,6H. The summed E-state index contributed by atoms with van der Waals surface area (Å²) in [6, 6.07) is 4.94. The van der Waals surface area contributed by atoms with Crippen LogP contribution in [-0.4, -0.2) is 4.98 Å². The zero-order valence-electron chi connectivity index (χ0n) is 4.59. The maximum Gasteiger partial charge on any atom is 0.215 e. The summed E-state index contributed by atoms with van der Waals surface area (Å²) in [5.41, 5.74) is -1.22. The van der Waals surface area contributed by atoms with Gasteiger partial charge in [-0.15, -0.1) is 0 Å². The molecule has 9 heavy (non-hydrogen) atoms. The van der Waals surface area contributed by atoms with Gasteiger partial charge in [0.05, 0.1) is 5.69 Å². The average molecular weight is 146 g/mol. The van der Waals surface area contributed by atoms with Crippen LogP contribution in [0.4, 0.5) is 4.39 Å². The van der Waals surface area contributed by atoms with Gasteiger partial charge in [-0.2, -0.15) is 0 Å². The van der Waals surface area contributed by atoms with Gasteiger partial charge >= 0.3 is 0 Å². The lowest BCUT2D eigenvalue weighted by Gasteiger charge is -1.94. The third-order valence-electron chi connectivity index (χ3n) is 0.911. The lowest BCUT2D eigenvalue weighted by molar-refractivity contribution is 0.451. The fourth-order valence-electron chi connectivity index (χ4n) is 0.505. The minimum atomic E-state index is -1.48. The monoisotopic (exact) mass is 145 g/mol. The molecule has 48 valence electrons. The summed E-state index contributed by atoms with van der Waals surface area (Å²) in [6.07, 6.45) is 1.50. The highest BCUT2D eigenvalue weighted by molar-refractivity contribution is 6.19. The Bertz CT molecular complexity index is 176. The molecule has 1 unspecified atom stereocenters. The van der Waals surface area contributed by atoms with E-state index in [1.807, 2.05) is 0 Å². The van der Waals surface area contributed by atoms with Gasteiger partial charge in [-0.3, -0.25) is 4.98 Å². The molecule has 0 spiro atoms. The normalized spacial score (nSPS) is 13.1. The predicted molar refractivity (Wildman–Crippen MR) is 33.9 cm³/mol. The molecule has 0 aliphatic carbocycles. The van der Waals surface area contributed by atoms with Gasteiger partial charge in [0.25, 0.3) is 0 Å². The maximum atomic E-state index is 12.1. The van der Waals surface area contributed by atoms with Gasteiger partial charge in [0.15, 0.2) is 0 Å². The molecule has 3 heteroatoms. The molecule has 0 aliphatic rings. The first kappa shape index (κ1) is 6.49. The third kappa shape index (κ3) is 1.64. The van der Waals surface area contributed by atoms with Crippen molar-refractivity contribution in [3.63, 3.8) is 0 Å². The summed E-state index contributed by atoms with van der Waals surface area (Å²) in [6.45, 7) is 0. The number of rotatable bonds is 1. The van der Waals surface area contributed by atoms with Crippen LogP contribution in [0.3, 0.4) is 0 Å². The lowest BCUT2D eigenvalue weighted by Crippen LogP contribution is -1.84. The topological polar surface area (TPSA) is 12.9 Å². The van der Waals surface area contributed by atoms with Crippen molar-refractivity contribution in [1.82, 2.24) is 4.98 Å². The van der Waals surface area contributed by atoms with Gasteiger partial charge in [0, 0.05) is 6.20 Å². The Kier molecular flexibility index (Phi) is 2.01. The van der Waals surface area contributed by atoms with Crippen LogP contribution in [-0.2, 0) is 0 Å². The van der Waals surface area contributed by atoms with E-state index >= 15 is 0 Å². The van der Waals surface area contributed by atoms with Crippen molar-refractivity contribution in [3.05, 3.63) is 30.1 Å². The van der Waals surface area contributed by atoms with E-state index < -0.39 is 5.63 Å². The minimum Gasteiger partial charge on any atom is -0.257 e. The van der Waals surface area contributed by atoms with Crippen molar-refractivity contribution < 1.29 is 4.39 Å². The molecule has 0 radical (unpaired) electrons. The second-order valence-electron chi connectivity index (χ2n) is 1.56. The molecule has 0 aliphatic heterocycles. The molecule has 0 N–H and O–H groups in total. The van der Waals surface area contributed by atoms with E-state index in [-0.39, 0.29) is 5.69 Å². The van der Waals surface area contributed by atoms with E-state index in [2.05, 4.69) is 4.98 Å². The van der Waals surface area contributed by atoms with Gasteiger partial charge in [-0.25, -0.2) is 4.39 Å². The summed E-state index contributed by atoms with van der Waals surface area (Å²) in [5, 5.41) is 0. The van der Waals surface area contributed by atoms with Gasteiger partial charge in [-0.1, -0.05) is 17.7 Å². The van der Waals surface area contributed by atoms with Crippen LogP contribution in [0.25, 0.3) is 0 Å².